The summed E-state index contributed by atoms with van der Waals surface area (Å²) in [4.78, 5) is 35.2. The molecule has 1 aliphatic rings. The van der Waals surface area contributed by atoms with Crippen LogP contribution in [0.5, 0.6) is 0 Å². The van der Waals surface area contributed by atoms with Crippen molar-refractivity contribution in [3.63, 3.8) is 0 Å². The molecule has 0 aromatic carbocycles. The molecule has 10 heteroatoms. The Morgan fingerprint density at radius 2 is 1.74 bits per heavy atom. The third-order valence-corrected chi connectivity index (χ3v) is 3.24. The van der Waals surface area contributed by atoms with Crippen molar-refractivity contribution in [2.45, 2.75) is 32.5 Å². The minimum atomic E-state index is -4.65. The Labute approximate surface area is 131 Å². The predicted molar refractivity (Wildman–Crippen MR) is 73.5 cm³/mol. The van der Waals surface area contributed by atoms with Gasteiger partial charge in [-0.2, -0.15) is 13.2 Å². The number of likely N-dealkylation sites (tertiary alicyclic amines) is 1. The van der Waals surface area contributed by atoms with Crippen molar-refractivity contribution < 1.29 is 32.7 Å². The fourth-order valence-corrected chi connectivity index (χ4v) is 2.34. The number of carbonyl (C=O) groups excluding carboxylic acids is 2. The van der Waals surface area contributed by atoms with Crippen molar-refractivity contribution in [2.24, 2.45) is 11.8 Å². The van der Waals surface area contributed by atoms with Crippen LogP contribution in [0.1, 0.15) is 20.8 Å². The van der Waals surface area contributed by atoms with Gasteiger partial charge in [-0.3, -0.25) is 19.8 Å². The molecule has 0 spiro atoms. The van der Waals surface area contributed by atoms with E-state index in [1.165, 1.54) is 0 Å². The summed E-state index contributed by atoms with van der Waals surface area (Å²) in [6, 6.07) is -0.760. The summed E-state index contributed by atoms with van der Waals surface area (Å²) < 4.78 is 38.5. The van der Waals surface area contributed by atoms with Gasteiger partial charge in [0, 0.05) is 18.6 Å². The third kappa shape index (κ3) is 6.05. The molecule has 23 heavy (non-hydrogen) atoms. The van der Waals surface area contributed by atoms with Crippen molar-refractivity contribution in [3.8, 4) is 0 Å². The van der Waals surface area contributed by atoms with Crippen LogP contribution in [0.2, 0.25) is 0 Å². The van der Waals surface area contributed by atoms with Gasteiger partial charge in [-0.15, -0.1) is 0 Å². The Balaban J connectivity index is 2.60. The Morgan fingerprint density at radius 3 is 2.13 bits per heavy atom. The van der Waals surface area contributed by atoms with Crippen molar-refractivity contribution in [1.29, 1.82) is 0 Å². The fraction of sp³-hybridized carbons (Fsp3) is 0.769. The summed E-state index contributed by atoms with van der Waals surface area (Å²) in [6.45, 7) is 3.63. The van der Waals surface area contributed by atoms with E-state index in [-0.39, 0.29) is 0 Å². The maximum atomic E-state index is 12.8. The number of nitrogens with one attached hydrogen (secondary N) is 2. The summed E-state index contributed by atoms with van der Waals surface area (Å²) in [5.41, 5.74) is -0.576. The van der Waals surface area contributed by atoms with Crippen LogP contribution in [0.25, 0.3) is 0 Å². The highest BCUT2D eigenvalue weighted by molar-refractivity contribution is 5.95. The maximum Gasteiger partial charge on any atom is 0.393 e. The smallest absolute Gasteiger partial charge is 0.393 e. The van der Waals surface area contributed by atoms with Crippen LogP contribution in [0.4, 0.5) is 18.0 Å². The molecule has 7 nitrogen and oxygen atoms in total. The summed E-state index contributed by atoms with van der Waals surface area (Å²) in [7, 11) is 0. The van der Waals surface area contributed by atoms with Crippen LogP contribution in [0.3, 0.4) is 0 Å². The van der Waals surface area contributed by atoms with Crippen LogP contribution in [0.15, 0.2) is 0 Å². The summed E-state index contributed by atoms with van der Waals surface area (Å²) in [5.74, 6) is -6.00. The van der Waals surface area contributed by atoms with E-state index in [1.54, 1.807) is 20.8 Å². The molecule has 0 saturated carbocycles. The zero-order chi connectivity index (χ0) is 18.0. The largest absolute Gasteiger partial charge is 0.481 e. The molecule has 0 aromatic heterocycles. The van der Waals surface area contributed by atoms with Crippen LogP contribution >= 0.6 is 0 Å². The number of urea groups is 1. The fourth-order valence-electron chi connectivity index (χ4n) is 2.34. The second-order valence-corrected chi connectivity index (χ2v) is 6.54. The van der Waals surface area contributed by atoms with Gasteiger partial charge in [-0.1, -0.05) is 0 Å². The van der Waals surface area contributed by atoms with E-state index in [2.05, 4.69) is 5.32 Å². The van der Waals surface area contributed by atoms with Gasteiger partial charge in [0.15, 0.2) is 0 Å². The minimum Gasteiger partial charge on any atom is -0.481 e. The van der Waals surface area contributed by atoms with Crippen molar-refractivity contribution in [1.82, 2.24) is 15.5 Å². The SMILES string of the molecule is CC(C)(C)NC(=O)NC(=O)CN1C[C@@H](C(F)(F)F)[C@H](C(=O)O)C1. The van der Waals surface area contributed by atoms with Gasteiger partial charge in [0.2, 0.25) is 5.91 Å². The molecule has 1 aliphatic heterocycles. The third-order valence-electron chi connectivity index (χ3n) is 3.24. The van der Waals surface area contributed by atoms with Crippen LogP contribution in [-0.4, -0.2) is 59.3 Å². The molecule has 0 aromatic rings. The van der Waals surface area contributed by atoms with Crippen LogP contribution in [0, 0.1) is 11.8 Å². The van der Waals surface area contributed by atoms with E-state index in [0.29, 0.717) is 0 Å². The Hall–Kier alpha value is -1.84. The van der Waals surface area contributed by atoms with Crippen molar-refractivity contribution in [2.75, 3.05) is 19.6 Å². The minimum absolute atomic E-state index is 0.395. The standard InChI is InChI=1S/C13H20F3N3O4/c1-12(2,3)18-11(23)17-9(20)6-19-4-7(10(21)22)8(5-19)13(14,15)16/h7-8H,4-6H2,1-3H3,(H,21,22)(H2,17,18,20,23)/t7-,8-/m1/s1. The first-order valence-corrected chi connectivity index (χ1v) is 6.93. The zero-order valence-electron chi connectivity index (χ0n) is 13.0. The number of carboxylic acid groups (broad SMARTS) is 1. The number of aliphatic carboxylic acids is 1. The van der Waals surface area contributed by atoms with Crippen molar-refractivity contribution in [3.05, 3.63) is 0 Å². The number of halogens is 3. The number of hydrogen-bond acceptors (Lipinski definition) is 4. The first kappa shape index (κ1) is 19.2. The van der Waals surface area contributed by atoms with E-state index in [0.717, 1.165) is 4.90 Å². The highest BCUT2D eigenvalue weighted by Crippen LogP contribution is 2.37. The monoisotopic (exact) mass is 339 g/mol. The average molecular weight is 339 g/mol. The molecule has 1 saturated heterocycles. The number of hydrogen-bond donors (Lipinski definition) is 3. The summed E-state index contributed by atoms with van der Waals surface area (Å²) in [5, 5.41) is 13.4. The van der Waals surface area contributed by atoms with E-state index >= 15 is 0 Å². The lowest BCUT2D eigenvalue weighted by Gasteiger charge is -2.21. The second kappa shape index (κ2) is 6.73. The number of carbonyl (C=O) groups is 3. The summed E-state index contributed by atoms with van der Waals surface area (Å²) >= 11 is 0. The molecule has 1 rings (SSSR count). The lowest BCUT2D eigenvalue weighted by molar-refractivity contribution is -0.188. The lowest BCUT2D eigenvalue weighted by atomic mass is 9.96. The predicted octanol–water partition coefficient (Wildman–Crippen LogP) is 0.806. The molecule has 0 radical (unpaired) electrons. The molecule has 0 aliphatic carbocycles. The van der Waals surface area contributed by atoms with Gasteiger partial charge < -0.3 is 10.4 Å². The highest BCUT2D eigenvalue weighted by Gasteiger charge is 2.52. The molecule has 2 atom stereocenters. The molecule has 0 unspecified atom stereocenters. The number of amides is 3. The van der Waals surface area contributed by atoms with E-state index in [9.17, 15) is 27.6 Å². The van der Waals surface area contributed by atoms with Gasteiger partial charge in [0.1, 0.15) is 0 Å². The normalized spacial score (nSPS) is 22.7. The Morgan fingerprint density at radius 1 is 1.17 bits per heavy atom. The first-order valence-electron chi connectivity index (χ1n) is 6.93. The van der Waals surface area contributed by atoms with E-state index < -0.39 is 61.1 Å². The molecule has 0 bridgehead atoms. The van der Waals surface area contributed by atoms with E-state index in [4.69, 9.17) is 5.11 Å². The molecule has 1 heterocycles. The average Bonchev–Trinajstić information content (AvgIpc) is 2.69. The molecular weight excluding hydrogens is 319 g/mol. The second-order valence-electron chi connectivity index (χ2n) is 6.54. The van der Waals surface area contributed by atoms with Gasteiger partial charge in [0.05, 0.1) is 18.4 Å². The molecule has 3 N–H and O–H groups in total. The van der Waals surface area contributed by atoms with Crippen LogP contribution < -0.4 is 10.6 Å². The van der Waals surface area contributed by atoms with Gasteiger partial charge in [-0.05, 0) is 20.8 Å². The summed E-state index contributed by atoms with van der Waals surface area (Å²) in [6.07, 6.45) is -4.65. The molecular formula is C13H20F3N3O4. The Bertz CT molecular complexity index is 488. The number of rotatable bonds is 3. The lowest BCUT2D eigenvalue weighted by Crippen LogP contribution is -2.50. The molecule has 132 valence electrons. The Kier molecular flexibility index (Phi) is 5.62. The number of nitrogens with zero attached hydrogens (tertiary/aromatic N) is 1. The van der Waals surface area contributed by atoms with E-state index in [1.807, 2.05) is 5.32 Å². The maximum absolute atomic E-state index is 12.8. The number of carboxylic acids is 1. The van der Waals surface area contributed by atoms with Crippen LogP contribution in [-0.2, 0) is 9.59 Å². The highest BCUT2D eigenvalue weighted by atomic mass is 19.4. The van der Waals surface area contributed by atoms with Crippen molar-refractivity contribution >= 4 is 17.9 Å². The molecule has 3 amide bonds. The number of imide groups is 1. The van der Waals surface area contributed by atoms with Gasteiger partial charge in [-0.25, -0.2) is 4.79 Å². The topological polar surface area (TPSA) is 98.7 Å². The van der Waals surface area contributed by atoms with Gasteiger partial charge >= 0.3 is 18.2 Å². The quantitative estimate of drug-likeness (QED) is 0.707. The number of alkyl halides is 3. The first-order chi connectivity index (χ1) is 10.3. The van der Waals surface area contributed by atoms with Gasteiger partial charge in [0.25, 0.3) is 0 Å². The molecule has 1 fully saturated rings. The zero-order valence-corrected chi connectivity index (χ0v) is 13.0.